The van der Waals surface area contributed by atoms with Gasteiger partial charge >= 0.3 is 0 Å². The number of aryl methyl sites for hydroxylation is 1. The fraction of sp³-hybridized carbons (Fsp3) is 0.120. The van der Waals surface area contributed by atoms with Crippen LogP contribution in [0.4, 0.5) is 10.1 Å². The van der Waals surface area contributed by atoms with Gasteiger partial charge in [0, 0.05) is 0 Å². The van der Waals surface area contributed by atoms with Crippen molar-refractivity contribution >= 4 is 23.4 Å². The Bertz CT molecular complexity index is 1500. The highest BCUT2D eigenvalue weighted by Crippen LogP contribution is 2.27. The summed E-state index contributed by atoms with van der Waals surface area (Å²) >= 11 is 0. The topological polar surface area (TPSA) is 119 Å². The normalized spacial score (nSPS) is 12.6. The summed E-state index contributed by atoms with van der Waals surface area (Å²) in [6, 6.07) is 15.4. The first kappa shape index (κ1) is 22.8. The number of halogens is 1. The Balaban J connectivity index is 1.41. The van der Waals surface area contributed by atoms with E-state index in [0.717, 1.165) is 4.90 Å². The van der Waals surface area contributed by atoms with Crippen molar-refractivity contribution in [3.8, 4) is 11.4 Å². The molecule has 0 atom stereocenters. The monoisotopic (exact) mass is 486 g/mol. The zero-order valence-corrected chi connectivity index (χ0v) is 19.2. The molecule has 180 valence electrons. The van der Waals surface area contributed by atoms with Crippen LogP contribution in [0.2, 0.25) is 0 Å². The SMILES string of the molecule is COc1ccc(CN2C(=O)c3ccccc3C2=O)cc1C(=O)Nc1cc(-n2nnnc2C)ccc1F. The minimum Gasteiger partial charge on any atom is -0.496 e. The Morgan fingerprint density at radius 3 is 2.39 bits per heavy atom. The zero-order valence-electron chi connectivity index (χ0n) is 19.2. The summed E-state index contributed by atoms with van der Waals surface area (Å²) in [5.41, 5.74) is 1.68. The van der Waals surface area contributed by atoms with Gasteiger partial charge in [-0.15, -0.1) is 5.10 Å². The molecule has 0 unspecified atom stereocenters. The lowest BCUT2D eigenvalue weighted by Gasteiger charge is -2.16. The standard InChI is InChI=1S/C25H19FN6O4/c1-14-28-29-30-32(14)16-8-9-20(26)21(12-16)27-23(33)19-11-15(7-10-22(19)36-2)13-31-24(34)17-5-3-4-6-18(17)25(31)35/h3-12H,13H2,1-2H3,(H,27,33). The van der Waals surface area contributed by atoms with Gasteiger partial charge in [0.2, 0.25) is 0 Å². The number of benzene rings is 3. The molecular formula is C25H19FN6O4. The maximum atomic E-state index is 14.5. The van der Waals surface area contributed by atoms with Crippen molar-refractivity contribution in [1.29, 1.82) is 0 Å². The molecule has 10 nitrogen and oxygen atoms in total. The van der Waals surface area contributed by atoms with Gasteiger partial charge in [-0.05, 0) is 65.4 Å². The summed E-state index contributed by atoms with van der Waals surface area (Å²) < 4.78 is 21.3. The van der Waals surface area contributed by atoms with E-state index < -0.39 is 23.5 Å². The molecular weight excluding hydrogens is 467 g/mol. The van der Waals surface area contributed by atoms with E-state index in [2.05, 4.69) is 20.8 Å². The molecule has 11 heteroatoms. The predicted molar refractivity (Wildman–Crippen MR) is 125 cm³/mol. The summed E-state index contributed by atoms with van der Waals surface area (Å²) in [6.45, 7) is 1.64. The highest BCUT2D eigenvalue weighted by molar-refractivity contribution is 6.21. The number of hydrogen-bond acceptors (Lipinski definition) is 7. The number of imide groups is 1. The van der Waals surface area contributed by atoms with Crippen LogP contribution in [-0.2, 0) is 6.54 Å². The Labute approximate surface area is 204 Å². The van der Waals surface area contributed by atoms with Crippen LogP contribution >= 0.6 is 0 Å². The molecule has 0 saturated carbocycles. The molecule has 3 amide bonds. The quantitative estimate of drug-likeness (QED) is 0.416. The van der Waals surface area contributed by atoms with Crippen LogP contribution in [0, 0.1) is 12.7 Å². The molecule has 0 aliphatic carbocycles. The fourth-order valence-corrected chi connectivity index (χ4v) is 4.00. The highest BCUT2D eigenvalue weighted by Gasteiger charge is 2.35. The van der Waals surface area contributed by atoms with E-state index in [1.807, 2.05) is 0 Å². The molecule has 0 saturated heterocycles. The first-order chi connectivity index (χ1) is 17.4. The van der Waals surface area contributed by atoms with Crippen molar-refractivity contribution in [3.05, 3.63) is 94.6 Å². The van der Waals surface area contributed by atoms with Crippen LogP contribution in [-0.4, -0.2) is 49.9 Å². The molecule has 0 radical (unpaired) electrons. The number of hydrogen-bond donors (Lipinski definition) is 1. The zero-order chi connectivity index (χ0) is 25.4. The van der Waals surface area contributed by atoms with Crippen molar-refractivity contribution in [2.24, 2.45) is 0 Å². The maximum absolute atomic E-state index is 14.5. The number of amides is 3. The van der Waals surface area contributed by atoms with Gasteiger partial charge in [0.15, 0.2) is 5.82 Å². The smallest absolute Gasteiger partial charge is 0.261 e. The van der Waals surface area contributed by atoms with Crippen LogP contribution in [0.3, 0.4) is 0 Å². The second-order valence-electron chi connectivity index (χ2n) is 8.03. The Morgan fingerprint density at radius 2 is 1.75 bits per heavy atom. The molecule has 1 N–H and O–H groups in total. The summed E-state index contributed by atoms with van der Waals surface area (Å²) in [6.07, 6.45) is 0. The highest BCUT2D eigenvalue weighted by atomic mass is 19.1. The van der Waals surface area contributed by atoms with Gasteiger partial charge in [-0.3, -0.25) is 19.3 Å². The van der Waals surface area contributed by atoms with Crippen LogP contribution < -0.4 is 10.1 Å². The number of methoxy groups -OCH3 is 1. The Kier molecular flexibility index (Phi) is 5.72. The molecule has 3 aromatic carbocycles. The molecule has 0 spiro atoms. The molecule has 36 heavy (non-hydrogen) atoms. The Hall–Kier alpha value is -4.93. The molecule has 1 aliphatic rings. The molecule has 0 fully saturated rings. The van der Waals surface area contributed by atoms with Gasteiger partial charge in [0.05, 0.1) is 41.7 Å². The van der Waals surface area contributed by atoms with Gasteiger partial charge in [0.1, 0.15) is 11.6 Å². The minimum atomic E-state index is -0.654. The summed E-state index contributed by atoms with van der Waals surface area (Å²) in [4.78, 5) is 39.7. The van der Waals surface area contributed by atoms with E-state index in [9.17, 15) is 18.8 Å². The van der Waals surface area contributed by atoms with E-state index in [1.165, 1.54) is 36.1 Å². The van der Waals surface area contributed by atoms with Gasteiger partial charge in [0.25, 0.3) is 17.7 Å². The Morgan fingerprint density at radius 1 is 1.03 bits per heavy atom. The molecule has 1 aromatic heterocycles. The number of nitrogens with zero attached hydrogens (tertiary/aromatic N) is 5. The predicted octanol–water partition coefficient (Wildman–Crippen LogP) is 3.17. The molecule has 1 aliphatic heterocycles. The average Bonchev–Trinajstić information content (AvgIpc) is 3.42. The van der Waals surface area contributed by atoms with Crippen LogP contribution in [0.5, 0.6) is 5.75 Å². The summed E-state index contributed by atoms with van der Waals surface area (Å²) in [5, 5.41) is 13.8. The first-order valence-corrected chi connectivity index (χ1v) is 10.9. The largest absolute Gasteiger partial charge is 0.496 e. The lowest BCUT2D eigenvalue weighted by molar-refractivity contribution is 0.0642. The number of ether oxygens (including phenoxy) is 1. The van der Waals surface area contributed by atoms with E-state index in [0.29, 0.717) is 28.2 Å². The number of nitrogens with one attached hydrogen (secondary N) is 1. The molecule has 4 aromatic rings. The van der Waals surface area contributed by atoms with Gasteiger partial charge in [-0.2, -0.15) is 4.68 Å². The lowest BCUT2D eigenvalue weighted by atomic mass is 10.1. The van der Waals surface area contributed by atoms with Crippen molar-refractivity contribution in [2.45, 2.75) is 13.5 Å². The number of tetrazole rings is 1. The van der Waals surface area contributed by atoms with Gasteiger partial charge in [-0.1, -0.05) is 18.2 Å². The third-order valence-corrected chi connectivity index (χ3v) is 5.80. The number of aromatic nitrogens is 4. The molecule has 5 rings (SSSR count). The van der Waals surface area contributed by atoms with Crippen molar-refractivity contribution in [2.75, 3.05) is 12.4 Å². The molecule has 0 bridgehead atoms. The summed E-state index contributed by atoms with van der Waals surface area (Å²) in [5.74, 6) is -1.38. The first-order valence-electron chi connectivity index (χ1n) is 10.9. The number of carbonyl (C=O) groups is 3. The van der Waals surface area contributed by atoms with Crippen molar-refractivity contribution < 1.29 is 23.5 Å². The second-order valence-corrected chi connectivity index (χ2v) is 8.03. The van der Waals surface area contributed by atoms with Crippen molar-refractivity contribution in [3.63, 3.8) is 0 Å². The van der Waals surface area contributed by atoms with Crippen LogP contribution in [0.1, 0.15) is 42.5 Å². The van der Waals surface area contributed by atoms with Gasteiger partial charge < -0.3 is 10.1 Å². The fourth-order valence-electron chi connectivity index (χ4n) is 4.00. The van der Waals surface area contributed by atoms with E-state index in [-0.39, 0.29) is 23.5 Å². The van der Waals surface area contributed by atoms with Crippen LogP contribution in [0.15, 0.2) is 60.7 Å². The van der Waals surface area contributed by atoms with E-state index in [1.54, 1.807) is 43.3 Å². The summed E-state index contributed by atoms with van der Waals surface area (Å²) in [7, 11) is 1.40. The maximum Gasteiger partial charge on any atom is 0.261 e. The number of rotatable bonds is 6. The average molecular weight is 486 g/mol. The lowest BCUT2D eigenvalue weighted by Crippen LogP contribution is -2.29. The van der Waals surface area contributed by atoms with Crippen LogP contribution in [0.25, 0.3) is 5.69 Å². The number of carbonyl (C=O) groups excluding carboxylic acids is 3. The molecule has 2 heterocycles. The number of fused-ring (bicyclic) bond motifs is 1. The number of anilines is 1. The van der Waals surface area contributed by atoms with E-state index >= 15 is 0 Å². The third kappa shape index (κ3) is 3.96. The van der Waals surface area contributed by atoms with Crippen molar-refractivity contribution in [1.82, 2.24) is 25.1 Å². The third-order valence-electron chi connectivity index (χ3n) is 5.80. The van der Waals surface area contributed by atoms with E-state index in [4.69, 9.17) is 4.74 Å². The second kappa shape index (κ2) is 9.02. The van der Waals surface area contributed by atoms with Gasteiger partial charge in [-0.25, -0.2) is 4.39 Å². The minimum absolute atomic E-state index is 0.0426.